The summed E-state index contributed by atoms with van der Waals surface area (Å²) >= 11 is 0. The fourth-order valence-corrected chi connectivity index (χ4v) is 3.00. The summed E-state index contributed by atoms with van der Waals surface area (Å²) in [5.41, 5.74) is 1.24. The quantitative estimate of drug-likeness (QED) is 0.764. The third-order valence-electron chi connectivity index (χ3n) is 4.51. The predicted molar refractivity (Wildman–Crippen MR) is 92.0 cm³/mol. The lowest BCUT2D eigenvalue weighted by molar-refractivity contribution is -0.132. The molecule has 0 radical (unpaired) electrons. The number of hydrogen-bond acceptors (Lipinski definition) is 5. The number of carbonyl (C=O) groups is 2. The molecule has 0 saturated carbocycles. The van der Waals surface area contributed by atoms with Crippen LogP contribution in [0.25, 0.3) is 0 Å². The van der Waals surface area contributed by atoms with Crippen LogP contribution in [0.1, 0.15) is 21.7 Å². The molecule has 2 aromatic rings. The minimum Gasteiger partial charge on any atom is -0.467 e. The third-order valence-corrected chi connectivity index (χ3v) is 4.51. The fraction of sp³-hybridized carbons (Fsp3) is 0.368. The number of nitrogens with zero attached hydrogens (tertiary/aromatic N) is 2. The van der Waals surface area contributed by atoms with Crippen LogP contribution in [-0.4, -0.2) is 55.0 Å². The Kier molecular flexibility index (Phi) is 5.68. The van der Waals surface area contributed by atoms with Gasteiger partial charge in [-0.1, -0.05) is 12.1 Å². The largest absolute Gasteiger partial charge is 0.467 e. The topological polar surface area (TPSA) is 63.0 Å². The van der Waals surface area contributed by atoms with Crippen molar-refractivity contribution < 1.29 is 23.1 Å². The lowest BCUT2D eigenvalue weighted by atomic mass is 10.1. The Hall–Kier alpha value is -2.67. The highest BCUT2D eigenvalue weighted by atomic mass is 19.1. The monoisotopic (exact) mass is 360 g/mol. The summed E-state index contributed by atoms with van der Waals surface area (Å²) in [6.07, 6.45) is 1.75. The lowest BCUT2D eigenvalue weighted by Gasteiger charge is -2.34. The number of rotatable bonds is 5. The van der Waals surface area contributed by atoms with E-state index < -0.39 is 5.97 Å². The van der Waals surface area contributed by atoms with Crippen molar-refractivity contribution in [3.8, 4) is 0 Å². The van der Waals surface area contributed by atoms with Crippen molar-refractivity contribution in [3.05, 3.63) is 59.3 Å². The van der Waals surface area contributed by atoms with Crippen molar-refractivity contribution in [2.75, 3.05) is 33.3 Å². The number of methoxy groups -OCH3 is 1. The maximum atomic E-state index is 12.9. The smallest absolute Gasteiger partial charge is 0.341 e. The van der Waals surface area contributed by atoms with Gasteiger partial charge in [0.15, 0.2) is 0 Å². The molecule has 1 amide bonds. The van der Waals surface area contributed by atoms with Crippen LogP contribution in [0.4, 0.5) is 4.39 Å². The minimum absolute atomic E-state index is 0.0320. The molecule has 138 valence electrons. The van der Waals surface area contributed by atoms with Crippen molar-refractivity contribution in [3.63, 3.8) is 0 Å². The first-order chi connectivity index (χ1) is 12.6. The standard InChI is InChI=1S/C19H21FN2O4/c1-25-19(24)16-6-11-26-17(16)13-21-7-9-22(10-8-21)18(23)12-14-2-4-15(20)5-3-14/h2-6,11H,7-10,12-13H2,1H3. The predicted octanol–water partition coefficient (Wildman–Crippen LogP) is 2.09. The molecule has 3 rings (SSSR count). The molecule has 0 bridgehead atoms. The number of furan rings is 1. The highest BCUT2D eigenvalue weighted by Gasteiger charge is 2.24. The SMILES string of the molecule is COC(=O)c1ccoc1CN1CCN(C(=O)Cc2ccc(F)cc2)CC1. The van der Waals surface area contributed by atoms with E-state index in [1.807, 2.05) is 4.90 Å². The zero-order valence-corrected chi connectivity index (χ0v) is 14.6. The molecule has 0 aliphatic carbocycles. The zero-order valence-electron chi connectivity index (χ0n) is 14.6. The first kappa shape index (κ1) is 18.1. The Morgan fingerprint density at radius 1 is 1.12 bits per heavy atom. The van der Waals surface area contributed by atoms with Crippen molar-refractivity contribution in [1.29, 1.82) is 0 Å². The molecular weight excluding hydrogens is 339 g/mol. The Morgan fingerprint density at radius 2 is 1.81 bits per heavy atom. The highest BCUT2D eigenvalue weighted by molar-refractivity contribution is 5.90. The molecular formula is C19H21FN2O4. The fourth-order valence-electron chi connectivity index (χ4n) is 3.00. The van der Waals surface area contributed by atoms with E-state index in [1.165, 1.54) is 25.5 Å². The van der Waals surface area contributed by atoms with Crippen LogP contribution in [0.3, 0.4) is 0 Å². The molecule has 1 aromatic carbocycles. The molecule has 0 N–H and O–H groups in total. The first-order valence-electron chi connectivity index (χ1n) is 8.46. The molecule has 1 aromatic heterocycles. The number of piperazine rings is 1. The number of amides is 1. The normalized spacial score (nSPS) is 15.1. The van der Waals surface area contributed by atoms with Crippen LogP contribution in [0.5, 0.6) is 0 Å². The van der Waals surface area contributed by atoms with Crippen molar-refractivity contribution >= 4 is 11.9 Å². The molecule has 2 heterocycles. The van der Waals surface area contributed by atoms with E-state index in [4.69, 9.17) is 9.15 Å². The van der Waals surface area contributed by atoms with Crippen LogP contribution in [0, 0.1) is 5.82 Å². The number of carbonyl (C=O) groups excluding carboxylic acids is 2. The number of ether oxygens (including phenoxy) is 1. The molecule has 7 heteroatoms. The number of halogens is 1. The molecule has 6 nitrogen and oxygen atoms in total. The van der Waals surface area contributed by atoms with Crippen molar-refractivity contribution in [2.45, 2.75) is 13.0 Å². The van der Waals surface area contributed by atoms with Crippen LogP contribution in [-0.2, 0) is 22.5 Å². The summed E-state index contributed by atoms with van der Waals surface area (Å²) in [5.74, 6) is -0.117. The van der Waals surface area contributed by atoms with Crippen LogP contribution < -0.4 is 0 Å². The van der Waals surface area contributed by atoms with Gasteiger partial charge in [-0.2, -0.15) is 0 Å². The van der Waals surface area contributed by atoms with Crippen LogP contribution >= 0.6 is 0 Å². The Balaban J connectivity index is 1.51. The molecule has 1 aliphatic heterocycles. The number of benzene rings is 1. The second kappa shape index (κ2) is 8.14. The second-order valence-corrected chi connectivity index (χ2v) is 6.21. The van der Waals surface area contributed by atoms with Gasteiger partial charge in [0.1, 0.15) is 17.1 Å². The Morgan fingerprint density at radius 3 is 2.46 bits per heavy atom. The average molecular weight is 360 g/mol. The van der Waals surface area contributed by atoms with E-state index in [0.717, 1.165) is 5.56 Å². The average Bonchev–Trinajstić information content (AvgIpc) is 3.11. The molecule has 0 unspecified atom stereocenters. The third kappa shape index (κ3) is 4.29. The Bertz CT molecular complexity index is 764. The van der Waals surface area contributed by atoms with E-state index in [2.05, 4.69) is 4.90 Å². The Labute approximate surface area is 151 Å². The van der Waals surface area contributed by atoms with Crippen LogP contribution in [0.2, 0.25) is 0 Å². The van der Waals surface area contributed by atoms with Crippen LogP contribution in [0.15, 0.2) is 41.0 Å². The first-order valence-corrected chi connectivity index (χ1v) is 8.46. The molecule has 26 heavy (non-hydrogen) atoms. The number of esters is 1. The van der Waals surface area contributed by atoms with E-state index in [-0.39, 0.29) is 18.1 Å². The lowest BCUT2D eigenvalue weighted by Crippen LogP contribution is -2.48. The molecule has 1 saturated heterocycles. The van der Waals surface area contributed by atoms with Gasteiger partial charge >= 0.3 is 5.97 Å². The van der Waals surface area contributed by atoms with Gasteiger partial charge in [-0.05, 0) is 23.8 Å². The van der Waals surface area contributed by atoms with Gasteiger partial charge in [-0.3, -0.25) is 9.69 Å². The zero-order chi connectivity index (χ0) is 18.5. The second-order valence-electron chi connectivity index (χ2n) is 6.21. The van der Waals surface area contributed by atoms with Gasteiger partial charge in [0, 0.05) is 26.2 Å². The van der Waals surface area contributed by atoms with Crippen molar-refractivity contribution in [1.82, 2.24) is 9.80 Å². The van der Waals surface area contributed by atoms with Gasteiger partial charge < -0.3 is 14.1 Å². The summed E-state index contributed by atoms with van der Waals surface area (Å²) < 4.78 is 23.1. The van der Waals surface area contributed by atoms with Gasteiger partial charge in [0.2, 0.25) is 5.91 Å². The summed E-state index contributed by atoms with van der Waals surface area (Å²) in [5, 5.41) is 0. The molecule has 1 fully saturated rings. The van der Waals surface area contributed by atoms with E-state index >= 15 is 0 Å². The van der Waals surface area contributed by atoms with Gasteiger partial charge in [0.25, 0.3) is 0 Å². The van der Waals surface area contributed by atoms with Gasteiger partial charge in [-0.15, -0.1) is 0 Å². The number of hydrogen-bond donors (Lipinski definition) is 0. The maximum absolute atomic E-state index is 12.9. The summed E-state index contributed by atoms with van der Waals surface area (Å²) in [6.45, 7) is 3.09. The van der Waals surface area contributed by atoms with Crippen molar-refractivity contribution in [2.24, 2.45) is 0 Å². The van der Waals surface area contributed by atoms with Gasteiger partial charge in [-0.25, -0.2) is 9.18 Å². The summed E-state index contributed by atoms with van der Waals surface area (Å²) in [6, 6.07) is 7.60. The van der Waals surface area contributed by atoms with E-state index in [1.54, 1.807) is 18.2 Å². The maximum Gasteiger partial charge on any atom is 0.341 e. The molecule has 0 spiro atoms. The van der Waals surface area contributed by atoms with E-state index in [0.29, 0.717) is 44.0 Å². The molecule has 1 aliphatic rings. The summed E-state index contributed by atoms with van der Waals surface area (Å²) in [7, 11) is 1.34. The highest BCUT2D eigenvalue weighted by Crippen LogP contribution is 2.16. The molecule has 0 atom stereocenters. The minimum atomic E-state index is -0.415. The summed E-state index contributed by atoms with van der Waals surface area (Å²) in [4.78, 5) is 28.0. The van der Waals surface area contributed by atoms with Gasteiger partial charge in [0.05, 0.1) is 26.3 Å². The van der Waals surface area contributed by atoms with E-state index in [9.17, 15) is 14.0 Å².